The molecule has 7 nitrogen and oxygen atoms in total. The van der Waals surface area contributed by atoms with Crippen LogP contribution < -0.4 is 15.1 Å². The fraction of sp³-hybridized carbons (Fsp3) is 0.471. The zero-order valence-corrected chi connectivity index (χ0v) is 14.4. The molecule has 1 aromatic carbocycles. The lowest BCUT2D eigenvalue weighted by Crippen LogP contribution is -2.47. The third-order valence-corrected chi connectivity index (χ3v) is 4.11. The van der Waals surface area contributed by atoms with Gasteiger partial charge in [0.15, 0.2) is 5.82 Å². The molecule has 24 heavy (non-hydrogen) atoms. The average molecular weight is 327 g/mol. The normalized spacial score (nSPS) is 15.0. The van der Waals surface area contributed by atoms with Gasteiger partial charge in [0.2, 0.25) is 5.95 Å². The summed E-state index contributed by atoms with van der Waals surface area (Å²) in [6.45, 7) is 5.58. The van der Waals surface area contributed by atoms with Gasteiger partial charge < -0.3 is 20.0 Å². The molecule has 0 unspecified atom stereocenters. The maximum absolute atomic E-state index is 4.60. The van der Waals surface area contributed by atoms with Gasteiger partial charge in [-0.15, -0.1) is 5.10 Å². The smallest absolute Gasteiger partial charge is 0.244 e. The van der Waals surface area contributed by atoms with E-state index < -0.39 is 0 Å². The van der Waals surface area contributed by atoms with Crippen molar-refractivity contribution >= 4 is 17.5 Å². The van der Waals surface area contributed by atoms with Gasteiger partial charge in [-0.2, -0.15) is 10.1 Å². The minimum absolute atomic E-state index is 0.597. The van der Waals surface area contributed by atoms with Crippen LogP contribution in [0.2, 0.25) is 0 Å². The third kappa shape index (κ3) is 4.32. The van der Waals surface area contributed by atoms with Crippen LogP contribution in [0.15, 0.2) is 36.5 Å². The first-order chi connectivity index (χ1) is 11.7. The fourth-order valence-electron chi connectivity index (χ4n) is 2.75. The molecule has 0 amide bonds. The monoisotopic (exact) mass is 327 g/mol. The zero-order chi connectivity index (χ0) is 16.8. The maximum Gasteiger partial charge on any atom is 0.244 e. The van der Waals surface area contributed by atoms with E-state index in [0.29, 0.717) is 5.95 Å². The summed E-state index contributed by atoms with van der Waals surface area (Å²) in [5.74, 6) is 1.49. The Morgan fingerprint density at radius 2 is 1.75 bits per heavy atom. The maximum atomic E-state index is 4.60. The lowest BCUT2D eigenvalue weighted by molar-refractivity contribution is 0.425. The summed E-state index contributed by atoms with van der Waals surface area (Å²) in [6, 6.07) is 10.5. The minimum atomic E-state index is 0.597. The minimum Gasteiger partial charge on any atom is -0.368 e. The Morgan fingerprint density at radius 1 is 1.04 bits per heavy atom. The second-order valence-corrected chi connectivity index (χ2v) is 6.18. The van der Waals surface area contributed by atoms with Crippen molar-refractivity contribution in [3.8, 4) is 0 Å². The Kier molecular flexibility index (Phi) is 5.43. The van der Waals surface area contributed by atoms with Gasteiger partial charge in [0, 0.05) is 45.0 Å². The number of benzene rings is 1. The molecular weight excluding hydrogens is 302 g/mol. The van der Waals surface area contributed by atoms with Crippen LogP contribution >= 0.6 is 0 Å². The molecule has 1 N–H and O–H groups in total. The molecule has 0 radical (unpaired) electrons. The molecule has 128 valence electrons. The summed E-state index contributed by atoms with van der Waals surface area (Å²) in [5, 5.41) is 11.4. The van der Waals surface area contributed by atoms with Gasteiger partial charge >= 0.3 is 0 Å². The van der Waals surface area contributed by atoms with Crippen molar-refractivity contribution < 1.29 is 0 Å². The number of anilines is 3. The van der Waals surface area contributed by atoms with Gasteiger partial charge in [-0.05, 0) is 26.2 Å². The lowest BCUT2D eigenvalue weighted by atomic mass is 10.2. The summed E-state index contributed by atoms with van der Waals surface area (Å²) >= 11 is 0. The summed E-state index contributed by atoms with van der Waals surface area (Å²) < 4.78 is 0. The number of aromatic nitrogens is 3. The number of rotatable bonds is 6. The van der Waals surface area contributed by atoms with Gasteiger partial charge in [-0.3, -0.25) is 0 Å². The van der Waals surface area contributed by atoms with Crippen LogP contribution in [0, 0.1) is 0 Å². The van der Waals surface area contributed by atoms with Gasteiger partial charge in [-0.1, -0.05) is 18.2 Å². The number of likely N-dealkylation sites (N-methyl/N-ethyl adjacent to an activating group) is 1. The molecule has 1 saturated heterocycles. The molecule has 1 fully saturated rings. The van der Waals surface area contributed by atoms with Crippen molar-refractivity contribution in [2.45, 2.75) is 0 Å². The highest BCUT2D eigenvalue weighted by Gasteiger charge is 2.19. The molecule has 3 rings (SSSR count). The van der Waals surface area contributed by atoms with Crippen LogP contribution in [-0.4, -0.2) is 73.4 Å². The van der Waals surface area contributed by atoms with Gasteiger partial charge in [0.25, 0.3) is 0 Å². The number of nitrogens with one attached hydrogen (secondary N) is 1. The largest absolute Gasteiger partial charge is 0.368 e. The molecule has 0 aliphatic carbocycles. The molecule has 0 atom stereocenters. The molecule has 1 aliphatic heterocycles. The van der Waals surface area contributed by atoms with Gasteiger partial charge in [0.05, 0.1) is 6.20 Å². The van der Waals surface area contributed by atoms with Crippen molar-refractivity contribution in [3.05, 3.63) is 36.5 Å². The van der Waals surface area contributed by atoms with Crippen molar-refractivity contribution in [2.24, 2.45) is 0 Å². The van der Waals surface area contributed by atoms with Crippen LogP contribution in [0.25, 0.3) is 0 Å². The Bertz CT molecular complexity index is 624. The number of nitrogens with zero attached hydrogens (tertiary/aromatic N) is 6. The zero-order valence-electron chi connectivity index (χ0n) is 14.4. The topological polar surface area (TPSA) is 60.4 Å². The standard InChI is InChI=1S/C17H25N7/c1-22(2)9-8-18-17-20-16(14-19-21-17)24-12-10-23(11-13-24)15-6-4-3-5-7-15/h3-7,14H,8-13H2,1-2H3,(H,18,20,21). The van der Waals surface area contributed by atoms with E-state index in [4.69, 9.17) is 0 Å². The van der Waals surface area contributed by atoms with E-state index in [1.165, 1.54) is 5.69 Å². The second-order valence-electron chi connectivity index (χ2n) is 6.18. The molecule has 1 aliphatic rings. The van der Waals surface area contributed by atoms with Crippen LogP contribution in [-0.2, 0) is 0 Å². The van der Waals surface area contributed by atoms with Crippen LogP contribution in [0.3, 0.4) is 0 Å². The summed E-state index contributed by atoms with van der Waals surface area (Å²) in [4.78, 5) is 11.4. The van der Waals surface area contributed by atoms with Crippen LogP contribution in [0.1, 0.15) is 0 Å². The summed E-state index contributed by atoms with van der Waals surface area (Å²) in [6.07, 6.45) is 1.75. The number of hydrogen-bond donors (Lipinski definition) is 1. The Balaban J connectivity index is 1.56. The highest BCUT2D eigenvalue weighted by atomic mass is 15.3. The van der Waals surface area contributed by atoms with Crippen molar-refractivity contribution in [1.82, 2.24) is 20.1 Å². The predicted octanol–water partition coefficient (Wildman–Crippen LogP) is 1.17. The number of piperazine rings is 1. The van der Waals surface area contributed by atoms with Crippen molar-refractivity contribution in [3.63, 3.8) is 0 Å². The quantitative estimate of drug-likeness (QED) is 0.854. The predicted molar refractivity (Wildman–Crippen MR) is 97.7 cm³/mol. The van der Waals surface area contributed by atoms with E-state index in [2.05, 4.69) is 65.5 Å². The van der Waals surface area contributed by atoms with Crippen LogP contribution in [0.4, 0.5) is 17.5 Å². The number of para-hydroxylation sites is 1. The molecule has 1 aromatic heterocycles. The van der Waals surface area contributed by atoms with E-state index in [-0.39, 0.29) is 0 Å². The van der Waals surface area contributed by atoms with E-state index in [1.807, 2.05) is 14.1 Å². The number of hydrogen-bond acceptors (Lipinski definition) is 7. The van der Waals surface area contributed by atoms with Gasteiger partial charge in [0.1, 0.15) is 0 Å². The van der Waals surface area contributed by atoms with Gasteiger partial charge in [-0.25, -0.2) is 0 Å². The van der Waals surface area contributed by atoms with Crippen LogP contribution in [0.5, 0.6) is 0 Å². The van der Waals surface area contributed by atoms with Crippen molar-refractivity contribution in [1.29, 1.82) is 0 Å². The highest BCUT2D eigenvalue weighted by molar-refractivity contribution is 5.49. The molecule has 0 spiro atoms. The molecule has 2 heterocycles. The Labute approximate surface area is 143 Å². The molecule has 7 heteroatoms. The first-order valence-electron chi connectivity index (χ1n) is 8.35. The SMILES string of the molecule is CN(C)CCNc1nncc(N2CCN(c3ccccc3)CC2)n1. The fourth-order valence-corrected chi connectivity index (χ4v) is 2.75. The molecule has 0 saturated carbocycles. The molecular formula is C17H25N7. The summed E-state index contributed by atoms with van der Waals surface area (Å²) in [5.41, 5.74) is 1.28. The van der Waals surface area contributed by atoms with Crippen molar-refractivity contribution in [2.75, 3.05) is 68.5 Å². The van der Waals surface area contributed by atoms with E-state index in [0.717, 1.165) is 45.1 Å². The second kappa shape index (κ2) is 7.92. The first kappa shape index (κ1) is 16.4. The molecule has 2 aromatic rings. The van der Waals surface area contributed by atoms with E-state index >= 15 is 0 Å². The van der Waals surface area contributed by atoms with E-state index in [1.54, 1.807) is 6.20 Å². The lowest BCUT2D eigenvalue weighted by Gasteiger charge is -2.36. The summed E-state index contributed by atoms with van der Waals surface area (Å²) in [7, 11) is 4.09. The Morgan fingerprint density at radius 3 is 2.46 bits per heavy atom. The van der Waals surface area contributed by atoms with E-state index in [9.17, 15) is 0 Å². The average Bonchev–Trinajstić information content (AvgIpc) is 2.63. The Hall–Kier alpha value is -2.41. The first-order valence-corrected chi connectivity index (χ1v) is 8.35. The molecule has 0 bridgehead atoms. The highest BCUT2D eigenvalue weighted by Crippen LogP contribution is 2.18. The third-order valence-electron chi connectivity index (χ3n) is 4.11.